The van der Waals surface area contributed by atoms with E-state index in [0.717, 1.165) is 0 Å². The lowest BCUT2D eigenvalue weighted by molar-refractivity contribution is -0.395. The highest BCUT2D eigenvalue weighted by molar-refractivity contribution is 5.48. The molecule has 5 saturated heterocycles. The summed E-state index contributed by atoms with van der Waals surface area (Å²) in [5.74, 6) is 0. The van der Waals surface area contributed by atoms with E-state index in [1.54, 1.807) is 0 Å². The zero-order valence-electron chi connectivity index (χ0n) is 33.7. The van der Waals surface area contributed by atoms with Gasteiger partial charge in [-0.2, -0.15) is 0 Å². The second kappa shape index (κ2) is 21.4. The van der Waals surface area contributed by atoms with Gasteiger partial charge in [-0.3, -0.25) is 24.0 Å². The molecule has 5 aliphatic heterocycles. The first-order valence-electron chi connectivity index (χ1n) is 19.7. The van der Waals surface area contributed by atoms with Gasteiger partial charge in [0.2, 0.25) is 32.1 Å². The van der Waals surface area contributed by atoms with Crippen LogP contribution in [0.5, 0.6) is 0 Å². The lowest BCUT2D eigenvalue weighted by Gasteiger charge is -2.51. The van der Waals surface area contributed by atoms with Gasteiger partial charge < -0.3 is 105 Å². The van der Waals surface area contributed by atoms with E-state index in [1.807, 2.05) is 0 Å². The van der Waals surface area contributed by atoms with Crippen LogP contribution in [-0.2, 0) is 66.6 Å². The van der Waals surface area contributed by atoms with Crippen molar-refractivity contribution >= 4 is 32.1 Å². The average Bonchev–Trinajstić information content (AvgIpc) is 3.21. The minimum absolute atomic E-state index is 0.285. The first-order valence-corrected chi connectivity index (χ1v) is 19.7. The molecule has 26 heteroatoms. The van der Waals surface area contributed by atoms with E-state index >= 15 is 0 Å². The summed E-state index contributed by atoms with van der Waals surface area (Å²) in [6, 6.07) is -5.71. The van der Waals surface area contributed by atoms with E-state index in [0.29, 0.717) is 25.6 Å². The molecule has 5 fully saturated rings. The Kier molecular flexibility index (Phi) is 17.1. The van der Waals surface area contributed by atoms with Gasteiger partial charge in [0.1, 0.15) is 61.0 Å². The topological polar surface area (TPSA) is 370 Å². The van der Waals surface area contributed by atoms with Crippen LogP contribution in [-0.4, -0.2) is 221 Å². The van der Waals surface area contributed by atoms with Crippen LogP contribution in [0.25, 0.3) is 0 Å². The van der Waals surface area contributed by atoms with Crippen molar-refractivity contribution in [3.63, 3.8) is 0 Å². The number of amides is 5. The Hall–Kier alpha value is -3.29. The van der Waals surface area contributed by atoms with Crippen LogP contribution in [0.15, 0.2) is 0 Å². The minimum Gasteiger partial charge on any atom is -0.388 e. The quantitative estimate of drug-likeness (QED) is 0.0569. The lowest BCUT2D eigenvalue weighted by atomic mass is 9.93. The largest absolute Gasteiger partial charge is 0.388 e. The van der Waals surface area contributed by atoms with Crippen molar-refractivity contribution in [3.05, 3.63) is 0 Å². The Morgan fingerprint density at radius 2 is 0.590 bits per heavy atom. The SMILES string of the molecule is C[C@H]1O[C@H](O[C@@H]2[C@@H](O[C@@H]3[C@@H](O[C@@H]4[C@@H](O[C@H]5[C@@H](O)[C@H](NC=O)[C@@H](C)O[C@@H]5O)O[C@H](C)[C@@H](NC=O)[C@@H]4O)O[C@H](C)[C@@H](NC=O)[C@@H]3O)O[C@H](C)[C@@H](NC=O)[C@@H]2O)[C@@H](O)[C@@H](O)[C@@H]1NC=O. The van der Waals surface area contributed by atoms with Crippen LogP contribution >= 0.6 is 0 Å². The summed E-state index contributed by atoms with van der Waals surface area (Å²) in [6.07, 6.45) is -29.4. The van der Waals surface area contributed by atoms with Gasteiger partial charge in [0.05, 0.1) is 60.7 Å². The number of hydrogen-bond donors (Lipinski definition) is 12. The number of aliphatic hydroxyl groups excluding tert-OH is 7. The summed E-state index contributed by atoms with van der Waals surface area (Å²) < 4.78 is 54.0. The molecular weight excluding hydrogens is 826 g/mol. The maximum absolute atomic E-state index is 11.8. The first kappa shape index (κ1) is 48.7. The molecule has 0 saturated carbocycles. The monoisotopic (exact) mass is 883 g/mol. The predicted molar refractivity (Wildman–Crippen MR) is 194 cm³/mol. The van der Waals surface area contributed by atoms with Crippen LogP contribution < -0.4 is 26.6 Å². The molecule has 348 valence electrons. The van der Waals surface area contributed by atoms with Gasteiger partial charge in [0.25, 0.3) is 0 Å². The number of carbonyl (C=O) groups is 5. The van der Waals surface area contributed by atoms with E-state index in [2.05, 4.69) is 26.6 Å². The second-order valence-corrected chi connectivity index (χ2v) is 15.5. The molecule has 5 aliphatic rings. The fourth-order valence-corrected chi connectivity index (χ4v) is 8.32. The summed E-state index contributed by atoms with van der Waals surface area (Å²) in [5, 5.41) is 90.9. The van der Waals surface area contributed by atoms with Crippen LogP contribution in [0.1, 0.15) is 34.6 Å². The Balaban J connectivity index is 1.48. The Bertz CT molecular complexity index is 1460. The van der Waals surface area contributed by atoms with Crippen molar-refractivity contribution in [2.45, 2.75) is 188 Å². The van der Waals surface area contributed by atoms with E-state index in [1.165, 1.54) is 34.6 Å². The molecule has 25 atom stereocenters. The molecule has 61 heavy (non-hydrogen) atoms. The van der Waals surface area contributed by atoms with Gasteiger partial charge >= 0.3 is 0 Å². The third kappa shape index (κ3) is 10.4. The zero-order chi connectivity index (χ0) is 44.9. The van der Waals surface area contributed by atoms with Crippen molar-refractivity contribution in [3.8, 4) is 0 Å². The van der Waals surface area contributed by atoms with Crippen molar-refractivity contribution in [1.82, 2.24) is 26.6 Å². The van der Waals surface area contributed by atoms with Crippen LogP contribution in [0.3, 0.4) is 0 Å². The predicted octanol–water partition coefficient (Wildman–Crippen LogP) is -8.02. The van der Waals surface area contributed by atoms with E-state index in [-0.39, 0.29) is 6.41 Å². The lowest BCUT2D eigenvalue weighted by Crippen LogP contribution is -2.70. The molecule has 5 rings (SSSR count). The smallest absolute Gasteiger partial charge is 0.207 e. The van der Waals surface area contributed by atoms with Gasteiger partial charge in [-0.1, -0.05) is 0 Å². The number of carbonyl (C=O) groups excluding carboxylic acids is 5. The van der Waals surface area contributed by atoms with Gasteiger partial charge in [-0.25, -0.2) is 0 Å². The van der Waals surface area contributed by atoms with Gasteiger partial charge in [-0.15, -0.1) is 0 Å². The highest BCUT2D eigenvalue weighted by Gasteiger charge is 2.56. The second-order valence-electron chi connectivity index (χ2n) is 15.5. The molecule has 0 aromatic carbocycles. The van der Waals surface area contributed by atoms with Gasteiger partial charge in [0.15, 0.2) is 31.5 Å². The Labute approximate surface area is 348 Å². The standard InChI is InChI=1S/C35H57N5O21/c1-11-17(37-7-42)22(47)27(31(52)53-11)58-33-29(24(49)19(39-9-44)13(3)55-33)60-35-30(25(50)20(40-10-45)15(5)57-35)61-34-28(23(48)18(38-8-43)14(4)56-34)59-32-26(51)21(46)16(36-6-41)12(2)54-32/h6-35,46-52H,1-5H3,(H,36,41)(H,37,42)(H,38,43)(H,39,44)(H,40,45)/t11-,12-,13-,14-,15-,16-,17-,18-,19-,20-,21+,22+,23+,24+,25+,26+,27+,28+,29+,30+,31+,32-,33-,34-,35-/m1/s1. The molecular formula is C35H57N5O21. The van der Waals surface area contributed by atoms with Crippen molar-refractivity contribution in [2.75, 3.05) is 0 Å². The van der Waals surface area contributed by atoms with Crippen molar-refractivity contribution in [1.29, 1.82) is 0 Å². The number of ether oxygens (including phenoxy) is 9. The maximum Gasteiger partial charge on any atom is 0.207 e. The first-order chi connectivity index (χ1) is 29.0. The fourth-order valence-electron chi connectivity index (χ4n) is 8.32. The zero-order valence-corrected chi connectivity index (χ0v) is 33.7. The fraction of sp³-hybridized carbons (Fsp3) is 0.857. The molecule has 0 radical (unpaired) electrons. The molecule has 26 nitrogen and oxygen atoms in total. The highest BCUT2D eigenvalue weighted by atomic mass is 16.8. The number of nitrogens with one attached hydrogen (secondary N) is 5. The summed E-state index contributed by atoms with van der Waals surface area (Å²) in [4.78, 5) is 57.3. The van der Waals surface area contributed by atoms with Crippen molar-refractivity contribution in [2.24, 2.45) is 0 Å². The van der Waals surface area contributed by atoms with Crippen molar-refractivity contribution < 1.29 is 102 Å². The summed E-state index contributed by atoms with van der Waals surface area (Å²) in [6.45, 7) is 7.33. The minimum atomic E-state index is -1.83. The molecule has 0 unspecified atom stereocenters. The van der Waals surface area contributed by atoms with Gasteiger partial charge in [-0.05, 0) is 34.6 Å². The molecule has 0 bridgehead atoms. The third-order valence-electron chi connectivity index (χ3n) is 11.6. The summed E-state index contributed by atoms with van der Waals surface area (Å²) in [5.41, 5.74) is 0. The van der Waals surface area contributed by atoms with Crippen LogP contribution in [0.2, 0.25) is 0 Å². The summed E-state index contributed by atoms with van der Waals surface area (Å²) >= 11 is 0. The Morgan fingerprint density at radius 1 is 0.344 bits per heavy atom. The molecule has 5 heterocycles. The number of rotatable bonds is 18. The normalized spacial score (nSPS) is 49.1. The van der Waals surface area contributed by atoms with Crippen LogP contribution in [0, 0.1) is 0 Å². The molecule has 5 amide bonds. The van der Waals surface area contributed by atoms with E-state index in [9.17, 15) is 59.7 Å². The highest BCUT2D eigenvalue weighted by Crippen LogP contribution is 2.36. The number of aliphatic hydroxyl groups is 7. The maximum atomic E-state index is 11.8. The molecule has 0 aromatic rings. The van der Waals surface area contributed by atoms with Crippen LogP contribution in [0.4, 0.5) is 0 Å². The molecule has 0 aliphatic carbocycles. The van der Waals surface area contributed by atoms with E-state index in [4.69, 9.17) is 42.6 Å². The average molecular weight is 884 g/mol. The Morgan fingerprint density at radius 3 is 0.918 bits per heavy atom. The third-order valence-corrected chi connectivity index (χ3v) is 11.6. The summed E-state index contributed by atoms with van der Waals surface area (Å²) in [7, 11) is 0. The molecule has 0 aromatic heterocycles. The van der Waals surface area contributed by atoms with E-state index < -0.39 is 153 Å². The molecule has 0 spiro atoms. The number of hydrogen-bond acceptors (Lipinski definition) is 21. The van der Waals surface area contributed by atoms with Gasteiger partial charge in [0, 0.05) is 0 Å². The molecule has 12 N–H and O–H groups in total.